The highest BCUT2D eigenvalue weighted by Gasteiger charge is 2.20. The Morgan fingerprint density at radius 1 is 0.917 bits per heavy atom. The molecule has 0 aliphatic carbocycles. The molecule has 2 rings (SSSR count). The summed E-state index contributed by atoms with van der Waals surface area (Å²) in [5, 5.41) is 4.83. The molecule has 0 saturated carbocycles. The van der Waals surface area contributed by atoms with Crippen molar-refractivity contribution in [3.63, 3.8) is 0 Å². The highest BCUT2D eigenvalue weighted by Crippen LogP contribution is 2.32. The first-order valence-corrected chi connectivity index (χ1v) is 9.80. The number of aromatic nitrogens is 2. The van der Waals surface area contributed by atoms with Gasteiger partial charge in [0.2, 0.25) is 0 Å². The van der Waals surface area contributed by atoms with E-state index in [4.69, 9.17) is 5.10 Å². The van der Waals surface area contributed by atoms with Crippen molar-refractivity contribution in [2.45, 2.75) is 85.0 Å². The quantitative estimate of drug-likeness (QED) is 0.442. The molecule has 1 heterocycles. The second-order valence-corrected chi connectivity index (χ2v) is 6.99. The van der Waals surface area contributed by atoms with E-state index in [1.54, 1.807) is 0 Å². The van der Waals surface area contributed by atoms with E-state index < -0.39 is 0 Å². The zero-order chi connectivity index (χ0) is 17.4. The van der Waals surface area contributed by atoms with Gasteiger partial charge in [0.15, 0.2) is 0 Å². The van der Waals surface area contributed by atoms with Crippen LogP contribution >= 0.6 is 0 Å². The molecular formula is C22H34N2. The molecule has 1 aromatic heterocycles. The summed E-state index contributed by atoms with van der Waals surface area (Å²) in [5.41, 5.74) is 5.17. The highest BCUT2D eigenvalue weighted by molar-refractivity contribution is 5.38. The summed E-state index contributed by atoms with van der Waals surface area (Å²) < 4.78 is 2.12. The van der Waals surface area contributed by atoms with Gasteiger partial charge in [-0.1, -0.05) is 70.6 Å². The fourth-order valence-corrected chi connectivity index (χ4v) is 3.79. The molecule has 0 aliphatic heterocycles. The summed E-state index contributed by atoms with van der Waals surface area (Å²) >= 11 is 0. The Kier molecular flexibility index (Phi) is 7.55. The predicted molar refractivity (Wildman–Crippen MR) is 104 cm³/mol. The number of aryl methyl sites for hydroxylation is 1. The summed E-state index contributed by atoms with van der Waals surface area (Å²) in [6.07, 6.45) is 10.7. The van der Waals surface area contributed by atoms with E-state index in [-0.39, 0.29) is 0 Å². The molecule has 0 fully saturated rings. The first-order valence-electron chi connectivity index (χ1n) is 9.80. The minimum Gasteiger partial charge on any atom is -0.238 e. The number of hydrogen-bond donors (Lipinski definition) is 0. The van der Waals surface area contributed by atoms with Crippen LogP contribution in [0.3, 0.4) is 0 Å². The summed E-state index contributed by atoms with van der Waals surface area (Å²) in [7, 11) is 0. The zero-order valence-electron chi connectivity index (χ0n) is 16.0. The van der Waals surface area contributed by atoms with Gasteiger partial charge in [-0.2, -0.15) is 5.10 Å². The van der Waals surface area contributed by atoms with Crippen LogP contribution in [0.1, 0.15) is 88.1 Å². The van der Waals surface area contributed by atoms with Gasteiger partial charge in [0.05, 0.1) is 11.4 Å². The Bertz CT molecular complexity index is 598. The summed E-state index contributed by atoms with van der Waals surface area (Å²) in [6.45, 7) is 9.00. The van der Waals surface area contributed by atoms with E-state index in [1.807, 2.05) is 0 Å². The summed E-state index contributed by atoms with van der Waals surface area (Å²) in [5.74, 6) is 0.647. The van der Waals surface area contributed by atoms with Crippen molar-refractivity contribution in [3.8, 4) is 5.69 Å². The molecule has 1 unspecified atom stereocenters. The van der Waals surface area contributed by atoms with Crippen LogP contribution < -0.4 is 0 Å². The lowest BCUT2D eigenvalue weighted by Gasteiger charge is -2.16. The lowest BCUT2D eigenvalue weighted by molar-refractivity contribution is 0.526. The molecule has 2 heteroatoms. The van der Waals surface area contributed by atoms with E-state index in [1.165, 1.54) is 74.0 Å². The van der Waals surface area contributed by atoms with Gasteiger partial charge in [-0.25, -0.2) is 4.68 Å². The third-order valence-electron chi connectivity index (χ3n) is 5.16. The fourth-order valence-electron chi connectivity index (χ4n) is 3.79. The van der Waals surface area contributed by atoms with Crippen molar-refractivity contribution in [3.05, 3.63) is 47.3 Å². The molecule has 1 aromatic carbocycles. The lowest BCUT2D eigenvalue weighted by Crippen LogP contribution is -2.03. The molecule has 0 aliphatic rings. The first-order chi connectivity index (χ1) is 11.7. The third kappa shape index (κ3) is 4.72. The molecular weight excluding hydrogens is 292 g/mol. The van der Waals surface area contributed by atoms with Crippen molar-refractivity contribution >= 4 is 0 Å². The minimum absolute atomic E-state index is 0.647. The second kappa shape index (κ2) is 9.66. The second-order valence-electron chi connectivity index (χ2n) is 6.99. The molecule has 1 atom stereocenters. The number of unbranched alkanes of at least 4 members (excludes halogenated alkanes) is 5. The summed E-state index contributed by atoms with van der Waals surface area (Å²) in [4.78, 5) is 0. The van der Waals surface area contributed by atoms with Crippen LogP contribution in [0, 0.1) is 13.8 Å². The monoisotopic (exact) mass is 326 g/mol. The standard InChI is InChI=1S/C22H34N2/c1-5-7-8-9-10-12-15-20(6-2)22-18(3)23-24(19(22)4)21-16-13-11-14-17-21/h11,13-14,16-17,20H,5-10,12,15H2,1-4H3. The van der Waals surface area contributed by atoms with Crippen LogP contribution in [0.4, 0.5) is 0 Å². The Morgan fingerprint density at radius 3 is 2.25 bits per heavy atom. The van der Waals surface area contributed by atoms with E-state index in [0.717, 1.165) is 0 Å². The van der Waals surface area contributed by atoms with Gasteiger partial charge in [-0.05, 0) is 50.3 Å². The van der Waals surface area contributed by atoms with E-state index in [0.29, 0.717) is 5.92 Å². The largest absolute Gasteiger partial charge is 0.238 e. The molecule has 0 spiro atoms. The number of benzene rings is 1. The topological polar surface area (TPSA) is 17.8 Å². The van der Waals surface area contributed by atoms with Crippen LogP contribution in [-0.4, -0.2) is 9.78 Å². The van der Waals surface area contributed by atoms with Crippen molar-refractivity contribution in [2.75, 3.05) is 0 Å². The van der Waals surface area contributed by atoms with E-state index in [2.05, 4.69) is 62.7 Å². The van der Waals surface area contributed by atoms with Crippen molar-refractivity contribution in [1.29, 1.82) is 0 Å². The van der Waals surface area contributed by atoms with Crippen molar-refractivity contribution in [1.82, 2.24) is 9.78 Å². The summed E-state index contributed by atoms with van der Waals surface area (Å²) in [6, 6.07) is 10.5. The Morgan fingerprint density at radius 2 is 1.58 bits per heavy atom. The molecule has 2 aromatic rings. The Labute approximate surface area is 148 Å². The molecule has 0 saturated heterocycles. The SMILES string of the molecule is CCCCCCCCC(CC)c1c(C)nn(-c2ccccc2)c1C. The van der Waals surface area contributed by atoms with Crippen LogP contribution in [0.5, 0.6) is 0 Å². The maximum atomic E-state index is 4.83. The predicted octanol–water partition coefficient (Wildman–Crippen LogP) is 6.73. The van der Waals surface area contributed by atoms with Gasteiger partial charge < -0.3 is 0 Å². The molecule has 0 bridgehead atoms. The average Bonchev–Trinajstić information content (AvgIpc) is 2.90. The Balaban J connectivity index is 2.05. The third-order valence-corrected chi connectivity index (χ3v) is 5.16. The molecule has 132 valence electrons. The first kappa shape index (κ1) is 18.8. The van der Waals surface area contributed by atoms with Crippen LogP contribution in [-0.2, 0) is 0 Å². The number of rotatable bonds is 10. The van der Waals surface area contributed by atoms with Crippen LogP contribution in [0.25, 0.3) is 5.69 Å². The van der Waals surface area contributed by atoms with Gasteiger partial charge in [0, 0.05) is 5.69 Å². The van der Waals surface area contributed by atoms with Gasteiger partial charge in [-0.15, -0.1) is 0 Å². The number of hydrogen-bond acceptors (Lipinski definition) is 1. The number of para-hydroxylation sites is 1. The van der Waals surface area contributed by atoms with Crippen molar-refractivity contribution in [2.24, 2.45) is 0 Å². The van der Waals surface area contributed by atoms with Crippen LogP contribution in [0.2, 0.25) is 0 Å². The van der Waals surface area contributed by atoms with E-state index >= 15 is 0 Å². The molecule has 0 radical (unpaired) electrons. The minimum atomic E-state index is 0.647. The molecule has 0 amide bonds. The normalized spacial score (nSPS) is 12.5. The van der Waals surface area contributed by atoms with Gasteiger partial charge in [0.25, 0.3) is 0 Å². The van der Waals surface area contributed by atoms with Crippen LogP contribution in [0.15, 0.2) is 30.3 Å². The lowest BCUT2D eigenvalue weighted by atomic mass is 9.89. The molecule has 0 N–H and O–H groups in total. The molecule has 2 nitrogen and oxygen atoms in total. The van der Waals surface area contributed by atoms with E-state index in [9.17, 15) is 0 Å². The Hall–Kier alpha value is -1.57. The number of nitrogens with zero attached hydrogens (tertiary/aromatic N) is 2. The van der Waals surface area contributed by atoms with Crippen molar-refractivity contribution < 1.29 is 0 Å². The maximum Gasteiger partial charge on any atom is 0.0648 e. The smallest absolute Gasteiger partial charge is 0.0648 e. The van der Waals surface area contributed by atoms with Gasteiger partial charge in [0.1, 0.15) is 0 Å². The van der Waals surface area contributed by atoms with Gasteiger partial charge >= 0.3 is 0 Å². The fraction of sp³-hybridized carbons (Fsp3) is 0.591. The average molecular weight is 327 g/mol. The highest BCUT2D eigenvalue weighted by atomic mass is 15.3. The van der Waals surface area contributed by atoms with Gasteiger partial charge in [-0.3, -0.25) is 0 Å². The molecule has 24 heavy (non-hydrogen) atoms. The maximum absolute atomic E-state index is 4.83. The zero-order valence-corrected chi connectivity index (χ0v) is 16.0.